The Hall–Kier alpha value is -1.51. The summed E-state index contributed by atoms with van der Waals surface area (Å²) in [5.74, 6) is 2.55. The third kappa shape index (κ3) is 3.13. The van der Waals surface area contributed by atoms with E-state index in [0.717, 1.165) is 40.1 Å². The fourth-order valence-corrected chi connectivity index (χ4v) is 2.87. The third-order valence-electron chi connectivity index (χ3n) is 4.40. The molecule has 1 fully saturated rings. The van der Waals surface area contributed by atoms with Crippen molar-refractivity contribution in [3.05, 3.63) is 57.6 Å². The van der Waals surface area contributed by atoms with Gasteiger partial charge in [0, 0.05) is 17.1 Å². The van der Waals surface area contributed by atoms with Gasteiger partial charge in [0.2, 0.25) is 0 Å². The van der Waals surface area contributed by atoms with Crippen LogP contribution >= 0.6 is 11.6 Å². The zero-order valence-corrected chi connectivity index (χ0v) is 14.1. The Labute approximate surface area is 137 Å². The molecule has 0 aromatic heterocycles. The largest absolute Gasteiger partial charge is 0.457 e. The minimum absolute atomic E-state index is 0.721. The van der Waals surface area contributed by atoms with Crippen LogP contribution in [0.15, 0.2) is 30.3 Å². The van der Waals surface area contributed by atoms with Crippen LogP contribution in [0, 0.1) is 13.8 Å². The Balaban J connectivity index is 1.96. The molecule has 1 aliphatic rings. The topological polar surface area (TPSA) is 21.3 Å². The van der Waals surface area contributed by atoms with Crippen LogP contribution in [0.25, 0.3) is 0 Å². The van der Waals surface area contributed by atoms with E-state index in [1.165, 1.54) is 24.0 Å². The number of benzene rings is 2. The Kier molecular flexibility index (Phi) is 4.42. The first-order valence-electron chi connectivity index (χ1n) is 7.81. The highest BCUT2D eigenvalue weighted by Gasteiger charge is 2.24. The molecule has 0 spiro atoms. The summed E-state index contributed by atoms with van der Waals surface area (Å²) in [6.45, 7) is 4.88. The van der Waals surface area contributed by atoms with Gasteiger partial charge in [0.05, 0.1) is 0 Å². The van der Waals surface area contributed by atoms with E-state index in [-0.39, 0.29) is 0 Å². The lowest BCUT2D eigenvalue weighted by molar-refractivity contribution is 0.469. The average molecular weight is 316 g/mol. The molecular formula is C19H22ClNO. The van der Waals surface area contributed by atoms with Gasteiger partial charge in [-0.1, -0.05) is 23.7 Å². The second-order valence-electron chi connectivity index (χ2n) is 6.07. The van der Waals surface area contributed by atoms with Crippen LogP contribution < -0.4 is 10.1 Å². The van der Waals surface area contributed by atoms with Gasteiger partial charge in [-0.2, -0.15) is 0 Å². The van der Waals surface area contributed by atoms with E-state index in [4.69, 9.17) is 16.3 Å². The molecule has 0 saturated heterocycles. The van der Waals surface area contributed by atoms with Crippen LogP contribution in [0.2, 0.25) is 5.02 Å². The van der Waals surface area contributed by atoms with Gasteiger partial charge in [0.25, 0.3) is 0 Å². The molecule has 0 bridgehead atoms. The highest BCUT2D eigenvalue weighted by atomic mass is 35.5. The van der Waals surface area contributed by atoms with Gasteiger partial charge >= 0.3 is 0 Å². The second-order valence-corrected chi connectivity index (χ2v) is 6.48. The molecule has 0 heterocycles. The zero-order chi connectivity index (χ0) is 15.7. The quantitative estimate of drug-likeness (QED) is 0.803. The van der Waals surface area contributed by atoms with E-state index in [0.29, 0.717) is 0 Å². The summed E-state index contributed by atoms with van der Waals surface area (Å²) in [4.78, 5) is 0. The minimum atomic E-state index is 0.721. The number of ether oxygens (including phenoxy) is 1. The van der Waals surface area contributed by atoms with E-state index in [2.05, 4.69) is 30.4 Å². The number of rotatable bonds is 5. The van der Waals surface area contributed by atoms with Gasteiger partial charge in [0.15, 0.2) is 0 Å². The maximum absolute atomic E-state index is 6.25. The number of halogens is 1. The first-order chi connectivity index (χ1) is 10.6. The molecule has 22 heavy (non-hydrogen) atoms. The summed E-state index contributed by atoms with van der Waals surface area (Å²) in [5, 5.41) is 3.99. The smallest absolute Gasteiger partial charge is 0.132 e. The number of hydrogen-bond acceptors (Lipinski definition) is 2. The summed E-state index contributed by atoms with van der Waals surface area (Å²) in [7, 11) is 1.95. The molecule has 3 rings (SSSR count). The third-order valence-corrected chi connectivity index (χ3v) is 4.81. The Morgan fingerprint density at radius 3 is 2.55 bits per heavy atom. The first kappa shape index (κ1) is 15.4. The van der Waals surface area contributed by atoms with Gasteiger partial charge in [0.1, 0.15) is 11.5 Å². The van der Waals surface area contributed by atoms with Crippen LogP contribution in [0.4, 0.5) is 0 Å². The van der Waals surface area contributed by atoms with Crippen molar-refractivity contribution in [2.75, 3.05) is 7.05 Å². The zero-order valence-electron chi connectivity index (χ0n) is 13.4. The number of hydrogen-bond donors (Lipinski definition) is 1. The molecule has 2 nitrogen and oxygen atoms in total. The van der Waals surface area contributed by atoms with E-state index in [9.17, 15) is 0 Å². The van der Waals surface area contributed by atoms with E-state index >= 15 is 0 Å². The molecule has 0 radical (unpaired) electrons. The van der Waals surface area contributed by atoms with Gasteiger partial charge < -0.3 is 10.1 Å². The molecule has 0 amide bonds. The highest BCUT2D eigenvalue weighted by Crippen LogP contribution is 2.42. The lowest BCUT2D eigenvalue weighted by atomic mass is 10.1. The van der Waals surface area contributed by atoms with Crippen molar-refractivity contribution in [2.24, 2.45) is 0 Å². The molecule has 1 N–H and O–H groups in total. The van der Waals surface area contributed by atoms with Crippen molar-refractivity contribution >= 4 is 11.6 Å². The number of nitrogens with one attached hydrogen (secondary N) is 1. The van der Waals surface area contributed by atoms with Crippen LogP contribution in [-0.4, -0.2) is 7.05 Å². The van der Waals surface area contributed by atoms with Crippen LogP contribution in [0.3, 0.4) is 0 Å². The minimum Gasteiger partial charge on any atom is -0.457 e. The molecule has 0 unspecified atom stereocenters. The molecule has 0 atom stereocenters. The van der Waals surface area contributed by atoms with Crippen molar-refractivity contribution in [3.63, 3.8) is 0 Å². The van der Waals surface area contributed by atoms with Gasteiger partial charge in [-0.05, 0) is 74.5 Å². The van der Waals surface area contributed by atoms with Crippen LogP contribution in [0.5, 0.6) is 11.5 Å². The van der Waals surface area contributed by atoms with Gasteiger partial charge in [-0.25, -0.2) is 0 Å². The second kappa shape index (κ2) is 6.31. The van der Waals surface area contributed by atoms with Crippen molar-refractivity contribution < 1.29 is 4.74 Å². The fourth-order valence-electron chi connectivity index (χ4n) is 2.67. The van der Waals surface area contributed by atoms with Crippen molar-refractivity contribution in [3.8, 4) is 11.5 Å². The Morgan fingerprint density at radius 2 is 1.86 bits per heavy atom. The van der Waals surface area contributed by atoms with Crippen LogP contribution in [0.1, 0.15) is 41.0 Å². The van der Waals surface area contributed by atoms with E-state index in [1.54, 1.807) is 0 Å². The van der Waals surface area contributed by atoms with Crippen LogP contribution in [-0.2, 0) is 6.54 Å². The average Bonchev–Trinajstić information content (AvgIpc) is 3.34. The first-order valence-corrected chi connectivity index (χ1v) is 8.19. The molecule has 116 valence electrons. The summed E-state index contributed by atoms with van der Waals surface area (Å²) < 4.78 is 6.25. The predicted molar refractivity (Wildman–Crippen MR) is 92.2 cm³/mol. The predicted octanol–water partition coefficient (Wildman–Crippen LogP) is 5.35. The molecule has 2 aromatic rings. The van der Waals surface area contributed by atoms with Gasteiger partial charge in [-0.3, -0.25) is 0 Å². The van der Waals surface area contributed by atoms with Crippen molar-refractivity contribution in [1.29, 1.82) is 0 Å². The molecule has 1 aliphatic carbocycles. The standard InChI is InChI=1S/C19H22ClNO/c1-12-13(2)18(9-8-17(12)20)22-19-10-15(14-4-5-14)6-7-16(19)11-21-3/h6-10,14,21H,4-5,11H2,1-3H3. The normalized spacial score (nSPS) is 14.2. The lowest BCUT2D eigenvalue weighted by Crippen LogP contribution is -2.07. The van der Waals surface area contributed by atoms with Crippen molar-refractivity contribution in [2.45, 2.75) is 39.2 Å². The maximum atomic E-state index is 6.25. The van der Waals surface area contributed by atoms with Crippen molar-refractivity contribution in [1.82, 2.24) is 5.32 Å². The van der Waals surface area contributed by atoms with Gasteiger partial charge in [-0.15, -0.1) is 0 Å². The monoisotopic (exact) mass is 315 g/mol. The molecule has 0 aliphatic heterocycles. The fraction of sp³-hybridized carbons (Fsp3) is 0.368. The van der Waals surface area contributed by atoms with E-state index in [1.807, 2.05) is 26.1 Å². The Bertz CT molecular complexity index is 692. The SMILES string of the molecule is CNCc1ccc(C2CC2)cc1Oc1ccc(Cl)c(C)c1C. The molecular weight excluding hydrogens is 294 g/mol. The molecule has 3 heteroatoms. The van der Waals surface area contributed by atoms with E-state index < -0.39 is 0 Å². The summed E-state index contributed by atoms with van der Waals surface area (Å²) >= 11 is 6.18. The molecule has 1 saturated carbocycles. The molecule has 2 aromatic carbocycles. The summed E-state index contributed by atoms with van der Waals surface area (Å²) in [5.41, 5.74) is 4.74. The Morgan fingerprint density at radius 1 is 1.09 bits per heavy atom. The summed E-state index contributed by atoms with van der Waals surface area (Å²) in [6, 6.07) is 10.5. The lowest BCUT2D eigenvalue weighted by Gasteiger charge is -2.16. The highest BCUT2D eigenvalue weighted by molar-refractivity contribution is 6.31. The summed E-state index contributed by atoms with van der Waals surface area (Å²) in [6.07, 6.45) is 2.59. The maximum Gasteiger partial charge on any atom is 0.132 e.